The molecule has 17 heavy (non-hydrogen) atoms. The molecule has 0 saturated heterocycles. The molecule has 1 saturated carbocycles. The fourth-order valence-electron chi connectivity index (χ4n) is 1.94. The summed E-state index contributed by atoms with van der Waals surface area (Å²) >= 11 is 0. The summed E-state index contributed by atoms with van der Waals surface area (Å²) in [6, 6.07) is 0.830. The van der Waals surface area contributed by atoms with Crippen LogP contribution in [0.2, 0.25) is 0 Å². The highest BCUT2D eigenvalue weighted by molar-refractivity contribution is 5.76. The second kappa shape index (κ2) is 7.67. The Morgan fingerprint density at radius 3 is 2.71 bits per heavy atom. The molecule has 1 rings (SSSR count). The maximum atomic E-state index is 11.5. The largest absolute Gasteiger partial charge is 0.378 e. The van der Waals surface area contributed by atoms with Crippen LogP contribution in [0, 0.1) is 0 Å². The van der Waals surface area contributed by atoms with Gasteiger partial charge in [-0.15, -0.1) is 0 Å². The van der Waals surface area contributed by atoms with E-state index in [0.29, 0.717) is 18.6 Å². The Morgan fingerprint density at radius 1 is 1.41 bits per heavy atom. The first-order valence-electron chi connectivity index (χ1n) is 6.80. The minimum Gasteiger partial charge on any atom is -0.378 e. The third-order valence-electron chi connectivity index (χ3n) is 3.30. The Kier molecular flexibility index (Phi) is 6.52. The summed E-state index contributed by atoms with van der Waals surface area (Å²) in [5.41, 5.74) is 0. The third-order valence-corrected chi connectivity index (χ3v) is 3.30. The van der Waals surface area contributed by atoms with Crippen molar-refractivity contribution in [3.05, 3.63) is 0 Å². The number of ether oxygens (including phenoxy) is 1. The molecule has 1 fully saturated rings. The maximum absolute atomic E-state index is 11.5. The SMILES string of the molecule is CCOC1CC(NCCC(=O)NC(C)CC)C1. The second-order valence-electron chi connectivity index (χ2n) is 4.83. The predicted molar refractivity (Wildman–Crippen MR) is 69.0 cm³/mol. The molecule has 0 bridgehead atoms. The Bertz CT molecular complexity index is 227. The topological polar surface area (TPSA) is 50.4 Å². The van der Waals surface area contributed by atoms with Crippen molar-refractivity contribution >= 4 is 5.91 Å². The molecule has 4 heteroatoms. The van der Waals surface area contributed by atoms with Crippen molar-refractivity contribution in [3.63, 3.8) is 0 Å². The van der Waals surface area contributed by atoms with Gasteiger partial charge in [-0.3, -0.25) is 4.79 Å². The summed E-state index contributed by atoms with van der Waals surface area (Å²) in [5.74, 6) is 0.146. The summed E-state index contributed by atoms with van der Waals surface area (Å²) in [6.45, 7) is 7.70. The van der Waals surface area contributed by atoms with Crippen LogP contribution < -0.4 is 10.6 Å². The molecule has 1 unspecified atom stereocenters. The second-order valence-corrected chi connectivity index (χ2v) is 4.83. The molecule has 1 amide bonds. The number of nitrogens with one attached hydrogen (secondary N) is 2. The van der Waals surface area contributed by atoms with E-state index in [9.17, 15) is 4.79 Å². The molecule has 2 N–H and O–H groups in total. The number of rotatable bonds is 8. The van der Waals surface area contributed by atoms with Crippen molar-refractivity contribution in [3.8, 4) is 0 Å². The molecule has 1 aliphatic rings. The molecule has 0 aromatic carbocycles. The van der Waals surface area contributed by atoms with Gasteiger partial charge in [0.2, 0.25) is 5.91 Å². The average Bonchev–Trinajstić information content (AvgIpc) is 2.25. The summed E-state index contributed by atoms with van der Waals surface area (Å²) in [6.07, 6.45) is 4.16. The minimum absolute atomic E-state index is 0.146. The average molecular weight is 242 g/mol. The first-order chi connectivity index (χ1) is 8.15. The quantitative estimate of drug-likeness (QED) is 0.677. The van der Waals surface area contributed by atoms with Crippen molar-refractivity contribution < 1.29 is 9.53 Å². The zero-order chi connectivity index (χ0) is 12.7. The van der Waals surface area contributed by atoms with Gasteiger partial charge in [0, 0.05) is 31.7 Å². The number of amides is 1. The number of carbonyl (C=O) groups excluding carboxylic acids is 1. The molecule has 0 aromatic heterocycles. The van der Waals surface area contributed by atoms with Crippen molar-refractivity contribution in [2.24, 2.45) is 0 Å². The van der Waals surface area contributed by atoms with Gasteiger partial charge in [-0.2, -0.15) is 0 Å². The summed E-state index contributed by atoms with van der Waals surface area (Å²) in [5, 5.41) is 6.35. The Balaban J connectivity index is 1.96. The molecule has 1 atom stereocenters. The van der Waals surface area contributed by atoms with Crippen LogP contribution in [-0.4, -0.2) is 37.2 Å². The van der Waals surface area contributed by atoms with Gasteiger partial charge in [0.15, 0.2) is 0 Å². The van der Waals surface area contributed by atoms with Crippen molar-refractivity contribution in [1.82, 2.24) is 10.6 Å². The normalized spacial score (nSPS) is 25.1. The Morgan fingerprint density at radius 2 is 2.12 bits per heavy atom. The summed E-state index contributed by atoms with van der Waals surface area (Å²) < 4.78 is 5.48. The highest BCUT2D eigenvalue weighted by atomic mass is 16.5. The van der Waals surface area contributed by atoms with E-state index < -0.39 is 0 Å². The molecule has 0 spiro atoms. The Labute approximate surface area is 104 Å². The van der Waals surface area contributed by atoms with Crippen molar-refractivity contribution in [2.75, 3.05) is 13.2 Å². The molecule has 4 nitrogen and oxygen atoms in total. The zero-order valence-corrected chi connectivity index (χ0v) is 11.3. The van der Waals surface area contributed by atoms with Gasteiger partial charge < -0.3 is 15.4 Å². The summed E-state index contributed by atoms with van der Waals surface area (Å²) in [7, 11) is 0. The smallest absolute Gasteiger partial charge is 0.221 e. The lowest BCUT2D eigenvalue weighted by atomic mass is 9.89. The van der Waals surface area contributed by atoms with Crippen LogP contribution >= 0.6 is 0 Å². The lowest BCUT2D eigenvalue weighted by molar-refractivity contribution is -0.121. The van der Waals surface area contributed by atoms with E-state index in [4.69, 9.17) is 4.74 Å². The molecule has 0 heterocycles. The van der Waals surface area contributed by atoms with Gasteiger partial charge in [0.25, 0.3) is 0 Å². The van der Waals surface area contributed by atoms with Crippen LogP contribution in [0.3, 0.4) is 0 Å². The lowest BCUT2D eigenvalue weighted by Gasteiger charge is -2.35. The van der Waals surface area contributed by atoms with Crippen LogP contribution in [-0.2, 0) is 9.53 Å². The number of hydrogen-bond donors (Lipinski definition) is 2. The van der Waals surface area contributed by atoms with E-state index in [0.717, 1.165) is 32.4 Å². The third kappa shape index (κ3) is 5.50. The van der Waals surface area contributed by atoms with E-state index >= 15 is 0 Å². The van der Waals surface area contributed by atoms with E-state index in [1.54, 1.807) is 0 Å². The standard InChI is InChI=1S/C13H26N2O2/c1-4-10(3)15-13(16)6-7-14-11-8-12(9-11)17-5-2/h10-12,14H,4-9H2,1-3H3,(H,15,16). The molecule has 100 valence electrons. The van der Waals surface area contributed by atoms with E-state index in [1.807, 2.05) is 13.8 Å². The number of hydrogen-bond acceptors (Lipinski definition) is 3. The highest BCUT2D eigenvalue weighted by Gasteiger charge is 2.28. The van der Waals surface area contributed by atoms with Gasteiger partial charge in [-0.25, -0.2) is 0 Å². The van der Waals surface area contributed by atoms with E-state index in [-0.39, 0.29) is 11.9 Å². The molecule has 0 aromatic rings. The van der Waals surface area contributed by atoms with Crippen LogP contribution in [0.4, 0.5) is 0 Å². The van der Waals surface area contributed by atoms with E-state index in [2.05, 4.69) is 17.6 Å². The van der Waals surface area contributed by atoms with E-state index in [1.165, 1.54) is 0 Å². The lowest BCUT2D eigenvalue weighted by Crippen LogP contribution is -2.46. The highest BCUT2D eigenvalue weighted by Crippen LogP contribution is 2.22. The number of carbonyl (C=O) groups is 1. The van der Waals surface area contributed by atoms with Gasteiger partial charge in [-0.05, 0) is 33.1 Å². The first-order valence-corrected chi connectivity index (χ1v) is 6.80. The van der Waals surface area contributed by atoms with Gasteiger partial charge in [-0.1, -0.05) is 6.92 Å². The monoisotopic (exact) mass is 242 g/mol. The predicted octanol–water partition coefficient (Wildman–Crippen LogP) is 1.45. The molecule has 0 radical (unpaired) electrons. The van der Waals surface area contributed by atoms with Gasteiger partial charge in [0.05, 0.1) is 6.10 Å². The maximum Gasteiger partial charge on any atom is 0.221 e. The minimum atomic E-state index is 0.146. The van der Waals surface area contributed by atoms with Crippen molar-refractivity contribution in [1.29, 1.82) is 0 Å². The fourth-order valence-corrected chi connectivity index (χ4v) is 1.94. The van der Waals surface area contributed by atoms with Gasteiger partial charge >= 0.3 is 0 Å². The molecular weight excluding hydrogens is 216 g/mol. The zero-order valence-electron chi connectivity index (χ0n) is 11.3. The van der Waals surface area contributed by atoms with Crippen LogP contribution in [0.25, 0.3) is 0 Å². The molecular formula is C13H26N2O2. The molecule has 0 aliphatic heterocycles. The summed E-state index contributed by atoms with van der Waals surface area (Å²) in [4.78, 5) is 11.5. The van der Waals surface area contributed by atoms with Crippen molar-refractivity contribution in [2.45, 2.75) is 64.6 Å². The first kappa shape index (κ1) is 14.5. The fraction of sp³-hybridized carbons (Fsp3) is 0.923. The van der Waals surface area contributed by atoms with Crippen LogP contribution in [0.1, 0.15) is 46.5 Å². The molecule has 1 aliphatic carbocycles. The van der Waals surface area contributed by atoms with Crippen LogP contribution in [0.15, 0.2) is 0 Å². The van der Waals surface area contributed by atoms with Crippen LogP contribution in [0.5, 0.6) is 0 Å². The Hall–Kier alpha value is -0.610. The van der Waals surface area contributed by atoms with Gasteiger partial charge in [0.1, 0.15) is 0 Å².